The highest BCUT2D eigenvalue weighted by molar-refractivity contribution is 5.80. The van der Waals surface area contributed by atoms with E-state index in [9.17, 15) is 14.4 Å². The molecule has 1 amide bonds. The van der Waals surface area contributed by atoms with Gasteiger partial charge in [0.05, 0.1) is 0 Å². The average molecular weight is 538 g/mol. The number of aliphatic carboxylic acids is 1. The molecular formula is C32H59NO5. The zero-order valence-electron chi connectivity index (χ0n) is 24.8. The number of amides is 1. The minimum atomic E-state index is -1.03. The lowest BCUT2D eigenvalue weighted by atomic mass is 10.1. The molecule has 0 radical (unpaired) electrons. The summed E-state index contributed by atoms with van der Waals surface area (Å²) in [5.74, 6) is -1.33. The van der Waals surface area contributed by atoms with Crippen molar-refractivity contribution >= 4 is 17.8 Å². The van der Waals surface area contributed by atoms with E-state index in [0.29, 0.717) is 12.8 Å². The monoisotopic (exact) mass is 537 g/mol. The smallest absolute Gasteiger partial charge is 0.322 e. The first-order chi connectivity index (χ1) is 18.5. The largest absolute Gasteiger partial charge is 0.480 e. The van der Waals surface area contributed by atoms with Crippen LogP contribution >= 0.6 is 0 Å². The summed E-state index contributed by atoms with van der Waals surface area (Å²) in [6, 6.07) is 0. The maximum Gasteiger partial charge on any atom is 0.322 e. The highest BCUT2D eigenvalue weighted by Crippen LogP contribution is 2.15. The van der Waals surface area contributed by atoms with Crippen molar-refractivity contribution in [1.29, 1.82) is 0 Å². The van der Waals surface area contributed by atoms with E-state index in [1.165, 1.54) is 83.5 Å². The van der Waals surface area contributed by atoms with Crippen LogP contribution < -0.4 is 5.32 Å². The number of ether oxygens (including phenoxy) is 1. The molecule has 222 valence electrons. The third-order valence-corrected chi connectivity index (χ3v) is 6.92. The number of rotatable bonds is 28. The van der Waals surface area contributed by atoms with Crippen LogP contribution in [0.15, 0.2) is 12.2 Å². The zero-order valence-corrected chi connectivity index (χ0v) is 24.8. The molecule has 0 aromatic rings. The van der Waals surface area contributed by atoms with E-state index in [1.807, 2.05) is 0 Å². The van der Waals surface area contributed by atoms with Crippen LogP contribution in [-0.4, -0.2) is 35.6 Å². The van der Waals surface area contributed by atoms with Crippen LogP contribution in [0.4, 0.5) is 0 Å². The first-order valence-corrected chi connectivity index (χ1v) is 15.8. The number of carbonyl (C=O) groups excluding carboxylic acids is 2. The highest BCUT2D eigenvalue weighted by atomic mass is 16.5. The molecule has 0 spiro atoms. The number of esters is 1. The standard InChI is InChI=1S/C32H59NO5/c1-3-5-7-9-11-12-13-15-17-23-27-32(37)38-29(24-20-16-14-10-8-6-4-2)25-21-18-19-22-26-30(34)33-28-31(35)36/h20,24,29H,3-19,21-23,25-28H2,1-2H3,(H,33,34)(H,35,36)/b24-20-. The van der Waals surface area contributed by atoms with Gasteiger partial charge in [-0.3, -0.25) is 14.4 Å². The van der Waals surface area contributed by atoms with Gasteiger partial charge in [-0.05, 0) is 44.6 Å². The van der Waals surface area contributed by atoms with Crippen LogP contribution in [0.25, 0.3) is 0 Å². The average Bonchev–Trinajstić information content (AvgIpc) is 2.89. The van der Waals surface area contributed by atoms with E-state index in [-0.39, 0.29) is 24.5 Å². The van der Waals surface area contributed by atoms with Crippen molar-refractivity contribution in [2.24, 2.45) is 0 Å². The molecule has 6 nitrogen and oxygen atoms in total. The van der Waals surface area contributed by atoms with Crippen LogP contribution in [0, 0.1) is 0 Å². The van der Waals surface area contributed by atoms with Crippen molar-refractivity contribution in [3.63, 3.8) is 0 Å². The van der Waals surface area contributed by atoms with Gasteiger partial charge in [0, 0.05) is 12.8 Å². The van der Waals surface area contributed by atoms with Crippen LogP contribution in [0.1, 0.15) is 162 Å². The summed E-state index contributed by atoms with van der Waals surface area (Å²) in [5, 5.41) is 11.0. The van der Waals surface area contributed by atoms with E-state index in [0.717, 1.165) is 51.4 Å². The van der Waals surface area contributed by atoms with Gasteiger partial charge in [-0.15, -0.1) is 0 Å². The second-order valence-electron chi connectivity index (χ2n) is 10.7. The number of unbranched alkanes of at least 4 members (excludes halogenated alkanes) is 17. The number of hydrogen-bond acceptors (Lipinski definition) is 4. The van der Waals surface area contributed by atoms with Crippen molar-refractivity contribution < 1.29 is 24.2 Å². The first kappa shape index (κ1) is 36.1. The summed E-state index contributed by atoms with van der Waals surface area (Å²) in [6.07, 6.45) is 29.1. The Morgan fingerprint density at radius 2 is 1.18 bits per heavy atom. The lowest BCUT2D eigenvalue weighted by Crippen LogP contribution is -2.28. The van der Waals surface area contributed by atoms with Crippen molar-refractivity contribution in [3.05, 3.63) is 12.2 Å². The van der Waals surface area contributed by atoms with E-state index in [2.05, 4.69) is 31.3 Å². The predicted octanol–water partition coefficient (Wildman–Crippen LogP) is 8.67. The summed E-state index contributed by atoms with van der Waals surface area (Å²) in [6.45, 7) is 4.15. The van der Waals surface area contributed by atoms with Gasteiger partial charge in [0.1, 0.15) is 12.6 Å². The first-order valence-electron chi connectivity index (χ1n) is 15.8. The van der Waals surface area contributed by atoms with Gasteiger partial charge in [0.25, 0.3) is 0 Å². The van der Waals surface area contributed by atoms with Crippen LogP contribution in [0.2, 0.25) is 0 Å². The molecule has 0 aliphatic carbocycles. The maximum atomic E-state index is 12.5. The van der Waals surface area contributed by atoms with Crippen LogP contribution in [-0.2, 0) is 19.1 Å². The lowest BCUT2D eigenvalue weighted by Gasteiger charge is -2.15. The molecule has 0 heterocycles. The number of hydrogen-bond donors (Lipinski definition) is 2. The van der Waals surface area contributed by atoms with Gasteiger partial charge in [-0.25, -0.2) is 0 Å². The fourth-order valence-corrected chi connectivity index (χ4v) is 4.54. The highest BCUT2D eigenvalue weighted by Gasteiger charge is 2.12. The molecule has 0 fully saturated rings. The number of carboxylic acids is 1. The maximum absolute atomic E-state index is 12.5. The summed E-state index contributed by atoms with van der Waals surface area (Å²) >= 11 is 0. The lowest BCUT2D eigenvalue weighted by molar-refractivity contribution is -0.147. The summed E-state index contributed by atoms with van der Waals surface area (Å²) in [4.78, 5) is 34.6. The number of carbonyl (C=O) groups is 3. The normalized spacial score (nSPS) is 12.1. The number of nitrogens with one attached hydrogen (secondary N) is 1. The molecule has 0 saturated heterocycles. The zero-order chi connectivity index (χ0) is 28.1. The van der Waals surface area contributed by atoms with Gasteiger partial charge < -0.3 is 15.2 Å². The number of allylic oxidation sites excluding steroid dienone is 1. The van der Waals surface area contributed by atoms with E-state index in [4.69, 9.17) is 9.84 Å². The summed E-state index contributed by atoms with van der Waals surface area (Å²) < 4.78 is 5.83. The Bertz CT molecular complexity index is 605. The third kappa shape index (κ3) is 27.2. The van der Waals surface area contributed by atoms with Gasteiger partial charge in [-0.2, -0.15) is 0 Å². The molecule has 1 atom stereocenters. The van der Waals surface area contributed by atoms with Gasteiger partial charge in [0.2, 0.25) is 5.91 Å². The Kier molecular flexibility index (Phi) is 26.8. The Labute approximate surface area is 233 Å². The molecule has 1 unspecified atom stereocenters. The third-order valence-electron chi connectivity index (χ3n) is 6.92. The van der Waals surface area contributed by atoms with Crippen molar-refractivity contribution in [2.45, 2.75) is 168 Å². The topological polar surface area (TPSA) is 92.7 Å². The van der Waals surface area contributed by atoms with Gasteiger partial charge >= 0.3 is 11.9 Å². The molecule has 0 bridgehead atoms. The molecule has 0 aromatic heterocycles. The van der Waals surface area contributed by atoms with Crippen LogP contribution in [0.5, 0.6) is 0 Å². The van der Waals surface area contributed by atoms with Gasteiger partial charge in [0.15, 0.2) is 0 Å². The summed E-state index contributed by atoms with van der Waals surface area (Å²) in [7, 11) is 0. The quantitative estimate of drug-likeness (QED) is 0.0591. The second-order valence-corrected chi connectivity index (χ2v) is 10.7. The van der Waals surface area contributed by atoms with E-state index in [1.54, 1.807) is 0 Å². The minimum absolute atomic E-state index is 0.0859. The molecule has 2 N–H and O–H groups in total. The number of carboxylic acid groups (broad SMARTS) is 1. The van der Waals surface area contributed by atoms with E-state index >= 15 is 0 Å². The van der Waals surface area contributed by atoms with Gasteiger partial charge in [-0.1, -0.05) is 116 Å². The molecule has 0 saturated carbocycles. The SMILES string of the molecule is CCCCCCC/C=C\C(CCCCCCC(=O)NCC(=O)O)OC(=O)CCCCCCCCCCCC. The molecule has 0 aromatic carbocycles. The second kappa shape index (κ2) is 28.2. The summed E-state index contributed by atoms with van der Waals surface area (Å²) in [5.41, 5.74) is 0. The molecule has 0 aliphatic rings. The Hall–Kier alpha value is -1.85. The molecule has 0 aliphatic heterocycles. The minimum Gasteiger partial charge on any atom is -0.480 e. The van der Waals surface area contributed by atoms with E-state index < -0.39 is 5.97 Å². The molecule has 0 rings (SSSR count). The Morgan fingerprint density at radius 3 is 1.76 bits per heavy atom. The molecular weight excluding hydrogens is 478 g/mol. The van der Waals surface area contributed by atoms with Crippen molar-refractivity contribution in [1.82, 2.24) is 5.32 Å². The Morgan fingerprint density at radius 1 is 0.684 bits per heavy atom. The van der Waals surface area contributed by atoms with Crippen LogP contribution in [0.3, 0.4) is 0 Å². The van der Waals surface area contributed by atoms with Crippen molar-refractivity contribution in [3.8, 4) is 0 Å². The molecule has 6 heteroatoms. The molecule has 38 heavy (non-hydrogen) atoms. The predicted molar refractivity (Wildman–Crippen MR) is 157 cm³/mol. The van der Waals surface area contributed by atoms with Crippen molar-refractivity contribution in [2.75, 3.05) is 6.54 Å². The fraction of sp³-hybridized carbons (Fsp3) is 0.844. The fourth-order valence-electron chi connectivity index (χ4n) is 4.54. The Balaban J connectivity index is 4.18.